The Labute approximate surface area is 561 Å². The minimum Gasteiger partial charge on any atom is -0.366 e. The van der Waals surface area contributed by atoms with Crippen LogP contribution in [0.4, 0.5) is 39.8 Å². The first-order valence-electron chi connectivity index (χ1n) is 34.7. The number of hydrogen-bond acceptors (Lipinski definition) is 3. The highest BCUT2D eigenvalue weighted by Crippen LogP contribution is 2.55. The van der Waals surface area contributed by atoms with Crippen molar-refractivity contribution in [1.29, 1.82) is 0 Å². The van der Waals surface area contributed by atoms with Crippen molar-refractivity contribution in [2.24, 2.45) is 11.8 Å². The molecule has 0 N–H and O–H groups in total. The van der Waals surface area contributed by atoms with Gasteiger partial charge in [0.2, 0.25) is 0 Å². The molecule has 2 fully saturated rings. The summed E-state index contributed by atoms with van der Waals surface area (Å²) in [5.41, 5.74) is 30.0. The zero-order valence-electron chi connectivity index (χ0n) is 56.0. The van der Waals surface area contributed by atoms with Crippen LogP contribution in [0.3, 0.4) is 0 Å². The van der Waals surface area contributed by atoms with E-state index < -0.39 is 0 Å². The van der Waals surface area contributed by atoms with Crippen LogP contribution in [-0.2, 0) is 10.8 Å². The molecule has 4 nitrogen and oxygen atoms in total. The van der Waals surface area contributed by atoms with Crippen molar-refractivity contribution in [1.82, 2.24) is 4.57 Å². The maximum atomic E-state index is 2.85. The number of benzene rings is 12. The van der Waals surface area contributed by atoms with Gasteiger partial charge in [-0.3, -0.25) is 0 Å². The lowest BCUT2D eigenvalue weighted by Gasteiger charge is -2.51. The Morgan fingerprint density at radius 2 is 0.758 bits per heavy atom. The lowest BCUT2D eigenvalue weighted by molar-refractivity contribution is 0.179. The number of aromatic nitrogens is 1. The van der Waals surface area contributed by atoms with Gasteiger partial charge >= 0.3 is 0 Å². The summed E-state index contributed by atoms with van der Waals surface area (Å²) in [6, 6.07) is 105. The van der Waals surface area contributed by atoms with E-state index in [2.05, 4.69) is 348 Å². The first-order valence-corrected chi connectivity index (χ1v) is 34.7. The normalized spacial score (nSPS) is 17.4. The van der Waals surface area contributed by atoms with Crippen LogP contribution in [0.1, 0.15) is 92.2 Å². The molecule has 13 aromatic rings. The third-order valence-electron chi connectivity index (χ3n) is 21.6. The van der Waals surface area contributed by atoms with Crippen LogP contribution in [0.15, 0.2) is 273 Å². The maximum Gasteiger partial charge on any atom is 0.252 e. The third-order valence-corrected chi connectivity index (χ3v) is 21.6. The van der Waals surface area contributed by atoms with E-state index in [4.69, 9.17) is 0 Å². The Kier molecular flexibility index (Phi) is 14.1. The second kappa shape index (κ2) is 22.8. The molecular weight excluding hydrogens is 1150 g/mol. The molecule has 1 saturated carbocycles. The van der Waals surface area contributed by atoms with Crippen molar-refractivity contribution in [2.75, 3.05) is 14.7 Å². The molecule has 1 aliphatic carbocycles. The molecule has 95 heavy (non-hydrogen) atoms. The summed E-state index contributed by atoms with van der Waals surface area (Å²) in [5, 5.41) is 2.56. The van der Waals surface area contributed by atoms with Crippen molar-refractivity contribution in [2.45, 2.75) is 104 Å². The van der Waals surface area contributed by atoms with Gasteiger partial charge in [0.05, 0.1) is 22.4 Å². The summed E-state index contributed by atoms with van der Waals surface area (Å²) < 4.78 is 2.56. The summed E-state index contributed by atoms with van der Waals surface area (Å²) >= 11 is 0. The number of anilines is 7. The quantitative estimate of drug-likeness (QED) is 0.134. The minimum atomic E-state index is -0.168. The third kappa shape index (κ3) is 9.94. The van der Waals surface area contributed by atoms with Crippen LogP contribution in [0.25, 0.3) is 83.1 Å². The van der Waals surface area contributed by atoms with Crippen molar-refractivity contribution < 1.29 is 0 Å². The Morgan fingerprint density at radius 1 is 0.347 bits per heavy atom. The van der Waals surface area contributed by atoms with E-state index in [9.17, 15) is 0 Å². The van der Waals surface area contributed by atoms with Gasteiger partial charge in [0, 0.05) is 79.2 Å². The Morgan fingerprint density at radius 3 is 1.19 bits per heavy atom. The molecule has 0 radical (unpaired) electrons. The van der Waals surface area contributed by atoms with E-state index in [0.29, 0.717) is 18.0 Å². The summed E-state index contributed by atoms with van der Waals surface area (Å²) in [7, 11) is 0. The molecule has 4 heterocycles. The molecular formula is C90H81BN4. The van der Waals surface area contributed by atoms with Gasteiger partial charge < -0.3 is 19.3 Å². The van der Waals surface area contributed by atoms with Crippen LogP contribution >= 0.6 is 0 Å². The highest BCUT2D eigenvalue weighted by Gasteiger charge is 2.47. The summed E-state index contributed by atoms with van der Waals surface area (Å²) in [6.45, 7) is 18.8. The molecule has 17 rings (SSSR count). The van der Waals surface area contributed by atoms with E-state index in [0.717, 1.165) is 56.5 Å². The second-order valence-electron chi connectivity index (χ2n) is 29.9. The van der Waals surface area contributed by atoms with E-state index in [1.165, 1.54) is 126 Å². The van der Waals surface area contributed by atoms with Gasteiger partial charge in [0.15, 0.2) is 0 Å². The number of hydrogen-bond donors (Lipinski definition) is 0. The molecule has 2 bridgehead atoms. The monoisotopic (exact) mass is 1230 g/mol. The summed E-state index contributed by atoms with van der Waals surface area (Å²) in [4.78, 5) is 8.30. The van der Waals surface area contributed by atoms with E-state index in [1.807, 2.05) is 0 Å². The van der Waals surface area contributed by atoms with E-state index in [-0.39, 0.29) is 17.5 Å². The molecule has 12 aromatic carbocycles. The van der Waals surface area contributed by atoms with Crippen LogP contribution in [-0.4, -0.2) is 23.4 Å². The molecule has 4 aliphatic rings. The largest absolute Gasteiger partial charge is 0.366 e. The second-order valence-corrected chi connectivity index (χ2v) is 29.9. The number of piperidine rings is 1. The number of nitrogens with zero attached hydrogens (tertiary/aromatic N) is 4. The smallest absolute Gasteiger partial charge is 0.252 e. The molecule has 1 saturated heterocycles. The zero-order chi connectivity index (χ0) is 64.4. The first-order chi connectivity index (χ1) is 46.2. The SMILES string of the molecule is CC1CC2CC(C)N(c3ccc4c(c3)N(c3c(-c5ccccc5)cccc3-c3ccccc3)c3cc(-c5ccccc5)cc5c3B4c3ccc(-n4c6ccc(C(C)(C)C)cc6c6cc(C(C)(C)C)ccc64)cc3N5c3c(-c4ccccc4)cccc3-c3ccccc3)C(C1)C2. The molecule has 0 spiro atoms. The van der Waals surface area contributed by atoms with Crippen LogP contribution in [0.2, 0.25) is 0 Å². The number of rotatable bonds is 9. The lowest BCUT2D eigenvalue weighted by Crippen LogP contribution is -2.61. The van der Waals surface area contributed by atoms with Gasteiger partial charge in [-0.1, -0.05) is 261 Å². The molecule has 464 valence electrons. The molecule has 4 atom stereocenters. The van der Waals surface area contributed by atoms with Crippen molar-refractivity contribution in [3.05, 3.63) is 284 Å². The summed E-state index contributed by atoms with van der Waals surface area (Å²) in [5.74, 6) is 1.46. The molecule has 4 unspecified atom stereocenters. The Hall–Kier alpha value is -10.1. The van der Waals surface area contributed by atoms with Gasteiger partial charge in [-0.25, -0.2) is 0 Å². The van der Waals surface area contributed by atoms with Crippen LogP contribution in [0, 0.1) is 11.8 Å². The highest BCUT2D eigenvalue weighted by molar-refractivity contribution is 7.00. The van der Waals surface area contributed by atoms with Gasteiger partial charge in [-0.2, -0.15) is 0 Å². The number of fused-ring (bicyclic) bond motifs is 9. The fourth-order valence-electron chi connectivity index (χ4n) is 17.3. The Bertz CT molecular complexity index is 4910. The lowest BCUT2D eigenvalue weighted by atomic mass is 9.33. The van der Waals surface area contributed by atoms with Crippen molar-refractivity contribution in [3.63, 3.8) is 0 Å². The average Bonchev–Trinajstić information content (AvgIpc) is 0.839. The van der Waals surface area contributed by atoms with Gasteiger partial charge in [-0.15, -0.1) is 0 Å². The van der Waals surface area contributed by atoms with Crippen molar-refractivity contribution in [3.8, 4) is 61.3 Å². The Balaban J connectivity index is 1.03. The first kappa shape index (κ1) is 58.7. The predicted molar refractivity (Wildman–Crippen MR) is 406 cm³/mol. The maximum absolute atomic E-state index is 2.85. The minimum absolute atomic E-state index is 0.0348. The fraction of sp³-hybridized carbons (Fsp3) is 0.200. The van der Waals surface area contributed by atoms with E-state index >= 15 is 0 Å². The standard InChI is InChI=1S/C90H81BN4/c1-58-48-60-50-59(2)92(71(49-58)51-60)69-42-44-78-82(56-69)94(87-72(62-28-16-10-17-29-62)36-24-37-73(87)63-30-18-11-19-31-63)84-52-66(61-26-14-9-15-27-61)53-85-86(84)91(78)79-45-43-70(93-80-46-40-67(89(3,4)5)54-76(80)77-55-68(90(6,7)8)41-47-81(77)93)57-83(79)95(85)88-74(64-32-20-12-21-33-64)38-25-39-75(88)65-34-22-13-23-35-65/h9-47,52-60,71H,48-51H2,1-8H3. The van der Waals surface area contributed by atoms with Gasteiger partial charge in [0.1, 0.15) is 0 Å². The molecule has 5 heteroatoms. The van der Waals surface area contributed by atoms with Crippen molar-refractivity contribution >= 4 is 84.7 Å². The fourth-order valence-corrected chi connectivity index (χ4v) is 17.3. The molecule has 0 amide bonds. The van der Waals surface area contributed by atoms with Crippen LogP contribution in [0.5, 0.6) is 0 Å². The topological polar surface area (TPSA) is 14.7 Å². The number of para-hydroxylation sites is 2. The highest BCUT2D eigenvalue weighted by atomic mass is 15.2. The summed E-state index contributed by atoms with van der Waals surface area (Å²) in [6.07, 6.45) is 5.02. The zero-order valence-corrected chi connectivity index (χ0v) is 56.0. The van der Waals surface area contributed by atoms with Gasteiger partial charge in [0.25, 0.3) is 6.71 Å². The molecule has 3 aliphatic heterocycles. The van der Waals surface area contributed by atoms with E-state index in [1.54, 1.807) is 0 Å². The van der Waals surface area contributed by atoms with Crippen LogP contribution < -0.4 is 31.1 Å². The predicted octanol–water partition coefficient (Wildman–Crippen LogP) is 22.2. The van der Waals surface area contributed by atoms with Gasteiger partial charge in [-0.05, 0) is 177 Å². The molecule has 1 aromatic heterocycles. The average molecular weight is 1230 g/mol.